The third-order valence-corrected chi connectivity index (χ3v) is 7.58. The van der Waals surface area contributed by atoms with E-state index in [1.165, 1.54) is 0 Å². The maximum atomic E-state index is 5.83. The fourth-order valence-electron chi connectivity index (χ4n) is 4.71. The zero-order valence-corrected chi connectivity index (χ0v) is 20.2. The smallest absolute Gasteiger partial charge is 0.195 e. The molecule has 0 aliphatic carbocycles. The number of hydrogen-bond donors (Lipinski definition) is 0. The molecule has 0 amide bonds. The third kappa shape index (κ3) is 5.28. The van der Waals surface area contributed by atoms with Crippen molar-refractivity contribution >= 4 is 11.8 Å². The second-order valence-electron chi connectivity index (χ2n) is 8.89. The number of thioether (sulfide) groups is 1. The van der Waals surface area contributed by atoms with Gasteiger partial charge in [-0.1, -0.05) is 17.8 Å². The normalized spacial score (nSPS) is 19.9. The lowest BCUT2D eigenvalue weighted by Crippen LogP contribution is -2.33. The van der Waals surface area contributed by atoms with E-state index in [1.807, 2.05) is 25.1 Å². The van der Waals surface area contributed by atoms with Gasteiger partial charge in [-0.3, -0.25) is 9.47 Å². The number of nitrogens with zero attached hydrogens (tertiary/aromatic N) is 4. The number of benzene rings is 1. The molecule has 3 aromatic rings. The van der Waals surface area contributed by atoms with Gasteiger partial charge >= 0.3 is 0 Å². The second kappa shape index (κ2) is 10.3. The van der Waals surface area contributed by atoms with Gasteiger partial charge in [0.2, 0.25) is 0 Å². The highest BCUT2D eigenvalue weighted by molar-refractivity contribution is 7.99. The molecule has 2 aromatic heterocycles. The summed E-state index contributed by atoms with van der Waals surface area (Å²) in [4.78, 5) is 2.47. The summed E-state index contributed by atoms with van der Waals surface area (Å²) >= 11 is 1.74. The number of furan rings is 1. The molecule has 2 saturated heterocycles. The van der Waals surface area contributed by atoms with Crippen LogP contribution in [0.3, 0.4) is 0 Å². The van der Waals surface area contributed by atoms with Gasteiger partial charge < -0.3 is 13.9 Å². The van der Waals surface area contributed by atoms with Crippen molar-refractivity contribution in [2.24, 2.45) is 0 Å². The monoisotopic (exact) mass is 468 g/mol. The second-order valence-corrected chi connectivity index (χ2v) is 9.87. The summed E-state index contributed by atoms with van der Waals surface area (Å²) in [7, 11) is 1.70. The van der Waals surface area contributed by atoms with E-state index >= 15 is 0 Å². The number of hydrogen-bond acceptors (Lipinski definition) is 7. The summed E-state index contributed by atoms with van der Waals surface area (Å²) in [6.07, 6.45) is 4.69. The van der Waals surface area contributed by atoms with Gasteiger partial charge in [0, 0.05) is 24.3 Å². The van der Waals surface area contributed by atoms with Crippen LogP contribution in [0.5, 0.6) is 5.75 Å². The van der Waals surface area contributed by atoms with E-state index in [9.17, 15) is 0 Å². The number of aryl methyl sites for hydroxylation is 1. The molecule has 8 heteroatoms. The summed E-state index contributed by atoms with van der Waals surface area (Å²) in [6.45, 7) is 5.78. The first-order chi connectivity index (χ1) is 16.2. The Balaban J connectivity index is 1.34. The molecule has 4 heterocycles. The molecular formula is C25H32N4O3S. The molecule has 7 nitrogen and oxygen atoms in total. The van der Waals surface area contributed by atoms with Gasteiger partial charge in [0.15, 0.2) is 5.16 Å². The Morgan fingerprint density at radius 3 is 2.73 bits per heavy atom. The van der Waals surface area contributed by atoms with E-state index in [0.717, 1.165) is 91.6 Å². The molecule has 1 unspecified atom stereocenters. The molecule has 176 valence electrons. The lowest BCUT2D eigenvalue weighted by atomic mass is 9.95. The number of piperidine rings is 1. The Morgan fingerprint density at radius 2 is 2.00 bits per heavy atom. The van der Waals surface area contributed by atoms with E-state index in [4.69, 9.17) is 19.0 Å². The van der Waals surface area contributed by atoms with E-state index in [0.29, 0.717) is 12.0 Å². The highest BCUT2D eigenvalue weighted by Crippen LogP contribution is 2.34. The van der Waals surface area contributed by atoms with Crippen LogP contribution in [-0.2, 0) is 11.3 Å². The van der Waals surface area contributed by atoms with Crippen molar-refractivity contribution in [2.45, 2.75) is 56.3 Å². The molecule has 1 atom stereocenters. The molecule has 2 aliphatic rings. The Hall–Kier alpha value is -2.29. The predicted octanol–water partition coefficient (Wildman–Crippen LogP) is 4.83. The van der Waals surface area contributed by atoms with E-state index in [2.05, 4.69) is 32.8 Å². The number of methoxy groups -OCH3 is 1. The van der Waals surface area contributed by atoms with Gasteiger partial charge in [0.1, 0.15) is 23.1 Å². The lowest BCUT2D eigenvalue weighted by molar-refractivity contribution is 0.129. The number of ether oxygens (including phenoxy) is 2. The van der Waals surface area contributed by atoms with Crippen LogP contribution in [0, 0.1) is 6.92 Å². The SMILES string of the molecule is COc1cccc(-n2c(SCC3CCCO3)nnc2C2CCN(Cc3ccc(C)o3)CC2)c1. The van der Waals surface area contributed by atoms with E-state index < -0.39 is 0 Å². The molecule has 0 spiro atoms. The molecule has 0 N–H and O–H groups in total. The first kappa shape index (κ1) is 22.5. The molecule has 0 bridgehead atoms. The van der Waals surface area contributed by atoms with Crippen LogP contribution >= 0.6 is 11.8 Å². The average molecular weight is 469 g/mol. The summed E-state index contributed by atoms with van der Waals surface area (Å²) in [5, 5.41) is 10.3. The van der Waals surface area contributed by atoms with Crippen LogP contribution < -0.4 is 4.74 Å². The van der Waals surface area contributed by atoms with Gasteiger partial charge in [-0.15, -0.1) is 10.2 Å². The minimum absolute atomic E-state index is 0.308. The van der Waals surface area contributed by atoms with Crippen LogP contribution in [-0.4, -0.2) is 58.3 Å². The summed E-state index contributed by atoms with van der Waals surface area (Å²) in [5.74, 6) is 5.17. The Morgan fingerprint density at radius 1 is 1.12 bits per heavy atom. The van der Waals surface area contributed by atoms with Crippen molar-refractivity contribution in [3.63, 3.8) is 0 Å². The van der Waals surface area contributed by atoms with Crippen molar-refractivity contribution in [3.8, 4) is 11.4 Å². The van der Waals surface area contributed by atoms with Crippen molar-refractivity contribution in [3.05, 3.63) is 53.7 Å². The van der Waals surface area contributed by atoms with E-state index in [1.54, 1.807) is 18.9 Å². The predicted molar refractivity (Wildman–Crippen MR) is 128 cm³/mol. The number of rotatable bonds is 8. The minimum Gasteiger partial charge on any atom is -0.497 e. The summed E-state index contributed by atoms with van der Waals surface area (Å²) < 4.78 is 19.3. The van der Waals surface area contributed by atoms with Gasteiger partial charge in [-0.05, 0) is 70.0 Å². The van der Waals surface area contributed by atoms with Gasteiger partial charge in [-0.2, -0.15) is 0 Å². The van der Waals surface area contributed by atoms with Crippen LogP contribution in [0.4, 0.5) is 0 Å². The van der Waals surface area contributed by atoms with Gasteiger partial charge in [-0.25, -0.2) is 0 Å². The molecule has 33 heavy (non-hydrogen) atoms. The number of aromatic nitrogens is 3. The number of likely N-dealkylation sites (tertiary alicyclic amines) is 1. The highest BCUT2D eigenvalue weighted by atomic mass is 32.2. The summed E-state index contributed by atoms with van der Waals surface area (Å²) in [6, 6.07) is 12.3. The van der Waals surface area contributed by atoms with Crippen molar-refractivity contribution in [1.29, 1.82) is 0 Å². The first-order valence-electron chi connectivity index (χ1n) is 11.8. The van der Waals surface area contributed by atoms with Gasteiger partial charge in [0.25, 0.3) is 0 Å². The first-order valence-corrected chi connectivity index (χ1v) is 12.8. The van der Waals surface area contributed by atoms with Crippen molar-refractivity contribution in [1.82, 2.24) is 19.7 Å². The Labute approximate surface area is 199 Å². The molecular weight excluding hydrogens is 436 g/mol. The maximum absolute atomic E-state index is 5.83. The molecule has 0 radical (unpaired) electrons. The largest absolute Gasteiger partial charge is 0.497 e. The molecule has 5 rings (SSSR count). The van der Waals surface area contributed by atoms with Crippen LogP contribution in [0.15, 0.2) is 46.0 Å². The lowest BCUT2D eigenvalue weighted by Gasteiger charge is -2.31. The van der Waals surface area contributed by atoms with Crippen LogP contribution in [0.1, 0.15) is 48.9 Å². The fraction of sp³-hybridized carbons (Fsp3) is 0.520. The fourth-order valence-corrected chi connectivity index (χ4v) is 5.74. The Kier molecular flexibility index (Phi) is 7.04. The third-order valence-electron chi connectivity index (χ3n) is 6.52. The van der Waals surface area contributed by atoms with Crippen LogP contribution in [0.25, 0.3) is 5.69 Å². The molecule has 2 aliphatic heterocycles. The van der Waals surface area contributed by atoms with Gasteiger partial charge in [0.05, 0.1) is 25.4 Å². The average Bonchev–Trinajstić information content (AvgIpc) is 3.60. The Bertz CT molecular complexity index is 1050. The maximum Gasteiger partial charge on any atom is 0.195 e. The molecule has 0 saturated carbocycles. The zero-order valence-electron chi connectivity index (χ0n) is 19.4. The highest BCUT2D eigenvalue weighted by Gasteiger charge is 2.28. The topological polar surface area (TPSA) is 65.6 Å². The summed E-state index contributed by atoms with van der Waals surface area (Å²) in [5.41, 5.74) is 1.05. The van der Waals surface area contributed by atoms with E-state index in [-0.39, 0.29) is 0 Å². The van der Waals surface area contributed by atoms with Crippen molar-refractivity contribution < 1.29 is 13.9 Å². The van der Waals surface area contributed by atoms with Crippen molar-refractivity contribution in [2.75, 3.05) is 32.6 Å². The standard InChI is InChI=1S/C25H32N4O3S/c1-18-8-9-22(32-18)16-28-12-10-19(11-13-28)24-26-27-25(33-17-23-7-4-14-31-23)29(24)20-5-3-6-21(15-20)30-2/h3,5-6,8-9,15,19,23H,4,7,10-14,16-17H2,1-2H3. The molecule has 2 fully saturated rings. The quantitative estimate of drug-likeness (QED) is 0.439. The van der Waals surface area contributed by atoms with Crippen LogP contribution in [0.2, 0.25) is 0 Å². The minimum atomic E-state index is 0.308. The zero-order chi connectivity index (χ0) is 22.6. The molecule has 1 aromatic carbocycles.